The van der Waals surface area contributed by atoms with Gasteiger partial charge in [-0.15, -0.1) is 0 Å². The van der Waals surface area contributed by atoms with Gasteiger partial charge in [-0.05, 0) is 36.4 Å². The Kier molecular flexibility index (Phi) is 5.07. The first-order chi connectivity index (χ1) is 14.1. The van der Waals surface area contributed by atoms with Gasteiger partial charge >= 0.3 is 0 Å². The number of anilines is 1. The Morgan fingerprint density at radius 3 is 2.41 bits per heavy atom. The van der Waals surface area contributed by atoms with Crippen molar-refractivity contribution in [2.75, 3.05) is 32.8 Å². The number of hydrogen-bond donors (Lipinski definition) is 0. The molecule has 8 nitrogen and oxygen atoms in total. The van der Waals surface area contributed by atoms with Gasteiger partial charge in [0.1, 0.15) is 17.2 Å². The lowest BCUT2D eigenvalue weighted by Crippen LogP contribution is -2.24. The van der Waals surface area contributed by atoms with E-state index >= 15 is 0 Å². The third kappa shape index (κ3) is 3.61. The van der Waals surface area contributed by atoms with Gasteiger partial charge in [-0.1, -0.05) is 5.16 Å². The number of ether oxygens (including phenoxy) is 3. The van der Waals surface area contributed by atoms with Crippen LogP contribution in [0.4, 0.5) is 5.69 Å². The van der Waals surface area contributed by atoms with Crippen molar-refractivity contribution in [1.29, 1.82) is 0 Å². The van der Waals surface area contributed by atoms with Crippen LogP contribution in [0.15, 0.2) is 47.0 Å². The number of methoxy groups -OCH3 is 3. The lowest BCUT2D eigenvalue weighted by Gasteiger charge is -2.16. The van der Waals surface area contributed by atoms with E-state index < -0.39 is 0 Å². The summed E-state index contributed by atoms with van der Waals surface area (Å²) in [6.07, 6.45) is 0.324. The first-order valence-corrected chi connectivity index (χ1v) is 9.13. The molecule has 2 heterocycles. The summed E-state index contributed by atoms with van der Waals surface area (Å²) in [5.74, 6) is 2.70. The zero-order chi connectivity index (χ0) is 20.4. The molecule has 1 saturated heterocycles. The molecule has 1 atom stereocenters. The Labute approximate surface area is 168 Å². The first-order valence-electron chi connectivity index (χ1n) is 9.13. The number of aromatic nitrogens is 2. The Morgan fingerprint density at radius 1 is 1.00 bits per heavy atom. The van der Waals surface area contributed by atoms with Crippen LogP contribution in [0.1, 0.15) is 18.2 Å². The SMILES string of the molecule is COc1ccc(N2C[C@H](c3noc(-c4ccc(OC)cc4OC)n3)CC2=O)cc1. The van der Waals surface area contributed by atoms with E-state index in [9.17, 15) is 4.79 Å². The Hall–Kier alpha value is -3.55. The minimum absolute atomic E-state index is 0.0218. The van der Waals surface area contributed by atoms with Gasteiger partial charge < -0.3 is 23.6 Å². The Bertz CT molecular complexity index is 1020. The van der Waals surface area contributed by atoms with Gasteiger partial charge in [0.15, 0.2) is 5.82 Å². The lowest BCUT2D eigenvalue weighted by molar-refractivity contribution is -0.117. The van der Waals surface area contributed by atoms with Crippen LogP contribution in [-0.4, -0.2) is 43.9 Å². The molecule has 1 aliphatic heterocycles. The van der Waals surface area contributed by atoms with Crippen LogP contribution in [0.2, 0.25) is 0 Å². The van der Waals surface area contributed by atoms with Gasteiger partial charge in [0, 0.05) is 30.6 Å². The molecule has 0 bridgehead atoms. The average Bonchev–Trinajstić information content (AvgIpc) is 3.40. The highest BCUT2D eigenvalue weighted by atomic mass is 16.5. The van der Waals surface area contributed by atoms with E-state index in [0.717, 1.165) is 11.4 Å². The van der Waals surface area contributed by atoms with E-state index in [-0.39, 0.29) is 11.8 Å². The zero-order valence-corrected chi connectivity index (χ0v) is 16.4. The van der Waals surface area contributed by atoms with Gasteiger partial charge in [0.05, 0.1) is 26.9 Å². The van der Waals surface area contributed by atoms with E-state index in [0.29, 0.717) is 41.7 Å². The molecular formula is C21H21N3O5. The maximum Gasteiger partial charge on any atom is 0.261 e. The number of hydrogen-bond acceptors (Lipinski definition) is 7. The Balaban J connectivity index is 1.55. The van der Waals surface area contributed by atoms with Gasteiger partial charge in [-0.3, -0.25) is 4.79 Å². The highest BCUT2D eigenvalue weighted by Gasteiger charge is 2.34. The minimum Gasteiger partial charge on any atom is -0.497 e. The summed E-state index contributed by atoms with van der Waals surface area (Å²) in [5, 5.41) is 4.11. The van der Waals surface area contributed by atoms with Gasteiger partial charge in [-0.2, -0.15) is 4.98 Å². The van der Waals surface area contributed by atoms with E-state index in [2.05, 4.69) is 10.1 Å². The normalized spacial score (nSPS) is 16.2. The quantitative estimate of drug-likeness (QED) is 0.633. The third-order valence-electron chi connectivity index (χ3n) is 4.96. The molecular weight excluding hydrogens is 374 g/mol. The molecule has 150 valence electrons. The number of rotatable bonds is 6. The van der Waals surface area contributed by atoms with Crippen molar-refractivity contribution in [2.45, 2.75) is 12.3 Å². The zero-order valence-electron chi connectivity index (χ0n) is 16.4. The number of carbonyl (C=O) groups is 1. The molecule has 0 saturated carbocycles. The molecule has 1 amide bonds. The summed E-state index contributed by atoms with van der Waals surface area (Å²) in [6, 6.07) is 12.7. The Morgan fingerprint density at radius 2 is 1.72 bits per heavy atom. The summed E-state index contributed by atoms with van der Waals surface area (Å²) in [4.78, 5) is 18.8. The molecule has 4 rings (SSSR count). The number of benzene rings is 2. The average molecular weight is 395 g/mol. The van der Waals surface area contributed by atoms with Crippen molar-refractivity contribution >= 4 is 11.6 Å². The van der Waals surface area contributed by atoms with E-state index in [1.165, 1.54) is 0 Å². The molecule has 0 N–H and O–H groups in total. The van der Waals surface area contributed by atoms with Crippen LogP contribution in [-0.2, 0) is 4.79 Å². The van der Waals surface area contributed by atoms with Crippen LogP contribution in [0.5, 0.6) is 17.2 Å². The number of amides is 1. The van der Waals surface area contributed by atoms with Gasteiger partial charge in [-0.25, -0.2) is 0 Å². The summed E-state index contributed by atoms with van der Waals surface area (Å²) in [6.45, 7) is 0.490. The second-order valence-corrected chi connectivity index (χ2v) is 6.63. The minimum atomic E-state index is -0.147. The first kappa shape index (κ1) is 18.8. The molecule has 1 aromatic heterocycles. The molecule has 8 heteroatoms. The summed E-state index contributed by atoms with van der Waals surface area (Å²) in [7, 11) is 4.76. The molecule has 0 spiro atoms. The van der Waals surface area contributed by atoms with Crippen molar-refractivity contribution < 1.29 is 23.5 Å². The molecule has 0 aliphatic carbocycles. The van der Waals surface area contributed by atoms with Crippen LogP contribution >= 0.6 is 0 Å². The van der Waals surface area contributed by atoms with E-state index in [1.54, 1.807) is 44.4 Å². The predicted molar refractivity (Wildman–Crippen MR) is 106 cm³/mol. The number of nitrogens with zero attached hydrogens (tertiary/aromatic N) is 3. The molecule has 29 heavy (non-hydrogen) atoms. The lowest BCUT2D eigenvalue weighted by atomic mass is 10.1. The summed E-state index contributed by atoms with van der Waals surface area (Å²) < 4.78 is 21.3. The van der Waals surface area contributed by atoms with Crippen molar-refractivity contribution in [1.82, 2.24) is 10.1 Å². The number of carbonyl (C=O) groups excluding carboxylic acids is 1. The fraction of sp³-hybridized carbons (Fsp3) is 0.286. The second kappa shape index (κ2) is 7.83. The van der Waals surface area contributed by atoms with E-state index in [4.69, 9.17) is 18.7 Å². The molecule has 1 aliphatic rings. The summed E-state index contributed by atoms with van der Waals surface area (Å²) in [5.41, 5.74) is 1.49. The van der Waals surface area contributed by atoms with Gasteiger partial charge in [0.25, 0.3) is 5.89 Å². The second-order valence-electron chi connectivity index (χ2n) is 6.63. The van der Waals surface area contributed by atoms with Crippen LogP contribution in [0.25, 0.3) is 11.5 Å². The molecule has 2 aromatic carbocycles. The third-order valence-corrected chi connectivity index (χ3v) is 4.96. The molecule has 0 unspecified atom stereocenters. The van der Waals surface area contributed by atoms with Crippen molar-refractivity contribution in [2.24, 2.45) is 0 Å². The fourth-order valence-corrected chi connectivity index (χ4v) is 3.38. The highest BCUT2D eigenvalue weighted by Crippen LogP contribution is 2.35. The maximum absolute atomic E-state index is 12.5. The summed E-state index contributed by atoms with van der Waals surface area (Å²) >= 11 is 0. The predicted octanol–water partition coefficient (Wildman–Crippen LogP) is 3.28. The van der Waals surface area contributed by atoms with E-state index in [1.807, 2.05) is 24.3 Å². The van der Waals surface area contributed by atoms with Crippen LogP contribution in [0, 0.1) is 0 Å². The van der Waals surface area contributed by atoms with Gasteiger partial charge in [0.2, 0.25) is 5.91 Å². The van der Waals surface area contributed by atoms with Crippen molar-refractivity contribution in [3.8, 4) is 28.7 Å². The largest absolute Gasteiger partial charge is 0.497 e. The smallest absolute Gasteiger partial charge is 0.261 e. The van der Waals surface area contributed by atoms with Crippen molar-refractivity contribution in [3.63, 3.8) is 0 Å². The maximum atomic E-state index is 12.5. The van der Waals surface area contributed by atoms with Crippen molar-refractivity contribution in [3.05, 3.63) is 48.3 Å². The standard InChI is InChI=1S/C21H21N3O5/c1-26-15-6-4-14(5-7-15)24-12-13(10-19(24)25)20-22-21(29-23-20)17-9-8-16(27-2)11-18(17)28-3/h4-9,11,13H,10,12H2,1-3H3/t13-/m1/s1. The fourth-order valence-electron chi connectivity index (χ4n) is 3.38. The molecule has 0 radical (unpaired) electrons. The monoisotopic (exact) mass is 395 g/mol. The topological polar surface area (TPSA) is 86.9 Å². The van der Waals surface area contributed by atoms with Crippen LogP contribution in [0.3, 0.4) is 0 Å². The molecule has 1 fully saturated rings. The van der Waals surface area contributed by atoms with Crippen LogP contribution < -0.4 is 19.1 Å². The highest BCUT2D eigenvalue weighted by molar-refractivity contribution is 5.96. The molecule has 3 aromatic rings.